The second kappa shape index (κ2) is 8.10. The van der Waals surface area contributed by atoms with Crippen LogP contribution in [0.3, 0.4) is 0 Å². The average molecular weight is 427 g/mol. The maximum absolute atomic E-state index is 12.3. The van der Waals surface area contributed by atoms with Crippen LogP contribution in [0, 0.1) is 0 Å². The molecule has 0 fully saturated rings. The van der Waals surface area contributed by atoms with E-state index in [0.29, 0.717) is 11.4 Å². The van der Waals surface area contributed by atoms with Gasteiger partial charge in [0.15, 0.2) is 0 Å². The lowest BCUT2D eigenvalue weighted by Gasteiger charge is -2.19. The molecule has 0 unspecified atom stereocenters. The Kier molecular flexibility index (Phi) is 5.37. The number of nitrogens with zero attached hydrogens (tertiary/aromatic N) is 1. The Labute approximate surface area is 173 Å². The molecule has 148 valence electrons. The van der Waals surface area contributed by atoms with E-state index in [9.17, 15) is 13.5 Å². The van der Waals surface area contributed by atoms with E-state index in [-0.39, 0.29) is 6.61 Å². The summed E-state index contributed by atoms with van der Waals surface area (Å²) in [6, 6.07) is 24.8. The molecule has 0 bridgehead atoms. The van der Waals surface area contributed by atoms with Crippen molar-refractivity contribution in [2.45, 2.75) is 16.4 Å². The number of nitrogens with one attached hydrogen (secondary N) is 1. The standard InChI is InChI=1S/C21H18N2O4S2/c24-21-14-23(29(25,26)22-21)19-12-11-18(28-17-9-5-2-6-10-17)13-20(19)27-15-16-7-3-1-4-8-16/h1-14,22,24H,15H2. The third-order valence-electron chi connectivity index (χ3n) is 4.12. The fourth-order valence-electron chi connectivity index (χ4n) is 2.80. The molecule has 0 saturated carbocycles. The molecule has 8 heteroatoms. The largest absolute Gasteiger partial charge is 0.493 e. The number of aliphatic hydroxyl groups excluding tert-OH is 1. The van der Waals surface area contributed by atoms with Crippen LogP contribution >= 0.6 is 11.8 Å². The second-order valence-electron chi connectivity index (χ2n) is 6.24. The fraction of sp³-hybridized carbons (Fsp3) is 0.0476. The summed E-state index contributed by atoms with van der Waals surface area (Å²) in [5.41, 5.74) is 1.27. The van der Waals surface area contributed by atoms with E-state index < -0.39 is 16.1 Å². The molecule has 0 radical (unpaired) electrons. The molecule has 6 nitrogen and oxygen atoms in total. The van der Waals surface area contributed by atoms with Gasteiger partial charge in [-0.05, 0) is 35.9 Å². The van der Waals surface area contributed by atoms with Crippen LogP contribution in [-0.2, 0) is 16.8 Å². The van der Waals surface area contributed by atoms with Crippen molar-refractivity contribution in [3.05, 3.63) is 96.5 Å². The van der Waals surface area contributed by atoms with Crippen LogP contribution in [0.5, 0.6) is 5.75 Å². The Morgan fingerprint density at radius 2 is 1.62 bits per heavy atom. The monoisotopic (exact) mass is 426 g/mol. The van der Waals surface area contributed by atoms with E-state index in [0.717, 1.165) is 25.9 Å². The summed E-state index contributed by atoms with van der Waals surface area (Å²) >= 11 is 1.55. The first kappa shape index (κ1) is 19.2. The van der Waals surface area contributed by atoms with Crippen LogP contribution in [0.15, 0.2) is 101 Å². The highest BCUT2D eigenvalue weighted by atomic mass is 32.2. The molecular weight excluding hydrogens is 408 g/mol. The quantitative estimate of drug-likeness (QED) is 0.610. The number of hydrogen-bond donors (Lipinski definition) is 2. The van der Waals surface area contributed by atoms with Gasteiger partial charge in [-0.15, -0.1) is 0 Å². The molecule has 1 heterocycles. The van der Waals surface area contributed by atoms with Crippen LogP contribution < -0.4 is 13.8 Å². The van der Waals surface area contributed by atoms with Gasteiger partial charge in [0.2, 0.25) is 5.88 Å². The zero-order valence-corrected chi connectivity index (χ0v) is 16.9. The Hall–Kier alpha value is -3.10. The summed E-state index contributed by atoms with van der Waals surface area (Å²) in [5.74, 6) is -0.0483. The predicted molar refractivity (Wildman–Crippen MR) is 113 cm³/mol. The molecule has 3 aromatic rings. The van der Waals surface area contributed by atoms with Crippen LogP contribution in [0.2, 0.25) is 0 Å². The maximum Gasteiger partial charge on any atom is 0.330 e. The molecule has 0 spiro atoms. The SMILES string of the molecule is O=S1(=O)NC(O)=CN1c1ccc(Sc2ccccc2)cc1OCc1ccccc1. The van der Waals surface area contributed by atoms with Gasteiger partial charge < -0.3 is 9.84 Å². The number of rotatable bonds is 6. The summed E-state index contributed by atoms with van der Waals surface area (Å²) in [7, 11) is -3.91. The van der Waals surface area contributed by atoms with Crippen molar-refractivity contribution in [1.82, 2.24) is 4.72 Å². The van der Waals surface area contributed by atoms with E-state index in [1.807, 2.05) is 66.7 Å². The minimum atomic E-state index is -3.91. The molecule has 3 aromatic carbocycles. The average Bonchev–Trinajstić information content (AvgIpc) is 3.00. The van der Waals surface area contributed by atoms with Gasteiger partial charge in [0.1, 0.15) is 18.0 Å². The minimum Gasteiger partial charge on any atom is -0.493 e. The number of aliphatic hydroxyl groups is 1. The first-order valence-corrected chi connectivity index (χ1v) is 11.0. The fourth-order valence-corrected chi connectivity index (χ4v) is 4.73. The Bertz CT molecular complexity index is 1130. The van der Waals surface area contributed by atoms with E-state index in [2.05, 4.69) is 4.72 Å². The molecule has 1 aliphatic heterocycles. The maximum atomic E-state index is 12.3. The Morgan fingerprint density at radius 3 is 2.28 bits per heavy atom. The predicted octanol–water partition coefficient (Wildman–Crippen LogP) is 4.43. The molecule has 0 atom stereocenters. The Balaban J connectivity index is 1.68. The van der Waals surface area contributed by atoms with Gasteiger partial charge in [-0.1, -0.05) is 60.3 Å². The summed E-state index contributed by atoms with van der Waals surface area (Å²) in [6.07, 6.45) is 1.12. The molecule has 2 N–H and O–H groups in total. The molecule has 0 aliphatic carbocycles. The first-order chi connectivity index (χ1) is 14.0. The van der Waals surface area contributed by atoms with Crippen molar-refractivity contribution in [2.24, 2.45) is 0 Å². The lowest BCUT2D eigenvalue weighted by atomic mass is 10.2. The normalized spacial score (nSPS) is 14.9. The number of anilines is 1. The topological polar surface area (TPSA) is 78.9 Å². The summed E-state index contributed by atoms with van der Waals surface area (Å²) in [5, 5.41) is 9.63. The van der Waals surface area contributed by atoms with Gasteiger partial charge in [-0.25, -0.2) is 9.03 Å². The van der Waals surface area contributed by atoms with Crippen molar-refractivity contribution in [1.29, 1.82) is 0 Å². The highest BCUT2D eigenvalue weighted by Crippen LogP contribution is 2.38. The molecule has 29 heavy (non-hydrogen) atoms. The van der Waals surface area contributed by atoms with Crippen molar-refractivity contribution in [3.63, 3.8) is 0 Å². The number of benzene rings is 3. The summed E-state index contributed by atoms with van der Waals surface area (Å²) in [6.45, 7) is 0.282. The molecular formula is C21H18N2O4S2. The van der Waals surface area contributed by atoms with E-state index in [4.69, 9.17) is 4.74 Å². The van der Waals surface area contributed by atoms with E-state index in [1.54, 1.807) is 23.9 Å². The van der Waals surface area contributed by atoms with Gasteiger partial charge >= 0.3 is 10.2 Å². The van der Waals surface area contributed by atoms with Crippen LogP contribution in [0.4, 0.5) is 5.69 Å². The minimum absolute atomic E-state index is 0.282. The highest BCUT2D eigenvalue weighted by molar-refractivity contribution is 7.99. The van der Waals surface area contributed by atoms with Gasteiger partial charge in [0.05, 0.1) is 6.20 Å². The smallest absolute Gasteiger partial charge is 0.330 e. The Morgan fingerprint density at radius 1 is 0.931 bits per heavy atom. The van der Waals surface area contributed by atoms with Crippen molar-refractivity contribution in [3.8, 4) is 5.75 Å². The summed E-state index contributed by atoms with van der Waals surface area (Å²) < 4.78 is 33.6. The van der Waals surface area contributed by atoms with Gasteiger partial charge in [0, 0.05) is 9.79 Å². The number of ether oxygens (including phenoxy) is 1. The molecule has 1 aliphatic rings. The van der Waals surface area contributed by atoms with Gasteiger partial charge in [0.25, 0.3) is 0 Å². The van der Waals surface area contributed by atoms with Crippen LogP contribution in [0.1, 0.15) is 5.56 Å². The zero-order valence-electron chi connectivity index (χ0n) is 15.2. The zero-order chi connectivity index (χ0) is 20.3. The van der Waals surface area contributed by atoms with Crippen molar-refractivity contribution < 1.29 is 18.3 Å². The third-order valence-corrected chi connectivity index (χ3v) is 6.40. The van der Waals surface area contributed by atoms with E-state index in [1.165, 1.54) is 0 Å². The second-order valence-corrected chi connectivity index (χ2v) is 8.93. The highest BCUT2D eigenvalue weighted by Gasteiger charge is 2.31. The van der Waals surface area contributed by atoms with E-state index >= 15 is 0 Å². The third kappa shape index (κ3) is 4.49. The lowest BCUT2D eigenvalue weighted by Crippen LogP contribution is -2.29. The van der Waals surface area contributed by atoms with Crippen molar-refractivity contribution >= 4 is 27.7 Å². The first-order valence-electron chi connectivity index (χ1n) is 8.78. The van der Waals surface area contributed by atoms with Gasteiger partial charge in [-0.3, -0.25) is 0 Å². The van der Waals surface area contributed by atoms with Gasteiger partial charge in [-0.2, -0.15) is 8.42 Å². The van der Waals surface area contributed by atoms with Crippen molar-refractivity contribution in [2.75, 3.05) is 4.31 Å². The molecule has 4 rings (SSSR count). The molecule has 0 amide bonds. The van der Waals surface area contributed by atoms with Crippen LogP contribution in [-0.4, -0.2) is 13.5 Å². The molecule has 0 saturated heterocycles. The lowest BCUT2D eigenvalue weighted by molar-refractivity contribution is 0.306. The number of hydrogen-bond acceptors (Lipinski definition) is 5. The summed E-state index contributed by atoms with van der Waals surface area (Å²) in [4.78, 5) is 1.96. The van der Waals surface area contributed by atoms with Crippen LogP contribution in [0.25, 0.3) is 0 Å². The molecule has 0 aromatic heterocycles.